The normalized spacial score (nSPS) is 11.3. The van der Waals surface area contributed by atoms with E-state index in [1.165, 1.54) is 16.2 Å². The second-order valence-corrected chi connectivity index (χ2v) is 8.18. The van der Waals surface area contributed by atoms with E-state index in [0.29, 0.717) is 18.0 Å². The molecule has 152 valence electrons. The number of aromatic nitrogens is 1. The molecular weight excluding hydrogens is 456 g/mol. The quantitative estimate of drug-likeness (QED) is 0.421. The maximum atomic E-state index is 11.5. The van der Waals surface area contributed by atoms with Gasteiger partial charge in [-0.1, -0.05) is 12.1 Å². The van der Waals surface area contributed by atoms with Gasteiger partial charge in [-0.05, 0) is 71.2 Å². The third-order valence-electron chi connectivity index (χ3n) is 4.27. The van der Waals surface area contributed by atoms with Crippen LogP contribution in [0, 0.1) is 6.92 Å². The number of nitrogens with zero attached hydrogens (tertiary/aromatic N) is 2. The molecule has 0 aliphatic carbocycles. The van der Waals surface area contributed by atoms with Crippen molar-refractivity contribution in [3.8, 4) is 5.75 Å². The van der Waals surface area contributed by atoms with E-state index in [9.17, 15) is 9.90 Å². The molecule has 0 unspecified atom stereocenters. The summed E-state index contributed by atoms with van der Waals surface area (Å²) >= 11 is 5.03. The highest BCUT2D eigenvalue weighted by atomic mass is 79.9. The predicted molar refractivity (Wildman–Crippen MR) is 121 cm³/mol. The average molecular weight is 477 g/mol. The van der Waals surface area contributed by atoms with Crippen molar-refractivity contribution in [2.75, 3.05) is 25.3 Å². The predicted octanol–water partition coefficient (Wildman–Crippen LogP) is 6.02. The first kappa shape index (κ1) is 21.3. The smallest absolute Gasteiger partial charge is 0.411 e. The zero-order chi connectivity index (χ0) is 21.0. The van der Waals surface area contributed by atoms with E-state index in [1.807, 2.05) is 56.3 Å². The maximum absolute atomic E-state index is 11.5. The zero-order valence-electron chi connectivity index (χ0n) is 16.3. The highest BCUT2D eigenvalue weighted by molar-refractivity contribution is 9.10. The molecule has 0 fully saturated rings. The number of hydrogen-bond donors (Lipinski definition) is 1. The van der Waals surface area contributed by atoms with Crippen LogP contribution in [0.4, 0.5) is 10.5 Å². The number of methoxy groups -OCH3 is 1. The highest BCUT2D eigenvalue weighted by Crippen LogP contribution is 2.32. The van der Waals surface area contributed by atoms with Gasteiger partial charge in [-0.15, -0.1) is 11.3 Å². The Balaban J connectivity index is 1.85. The van der Waals surface area contributed by atoms with Crippen LogP contribution < -0.4 is 9.64 Å². The van der Waals surface area contributed by atoms with Crippen molar-refractivity contribution in [2.45, 2.75) is 13.8 Å². The molecule has 0 atom stereocenters. The van der Waals surface area contributed by atoms with Crippen molar-refractivity contribution in [1.82, 2.24) is 4.98 Å². The summed E-state index contributed by atoms with van der Waals surface area (Å²) in [6.45, 7) is 4.31. The van der Waals surface area contributed by atoms with Gasteiger partial charge >= 0.3 is 6.09 Å². The Kier molecular flexibility index (Phi) is 6.89. The van der Waals surface area contributed by atoms with Crippen LogP contribution >= 0.6 is 27.3 Å². The standard InChI is InChI=1S/C21H21BrN2O4S/c1-4-24(21(25)26)17-11-19-16(9-13(17)2)23-20(29-19)8-6-14-5-7-18(15(22)10-14)28-12-27-3/h5-11H,4,12H2,1-3H3,(H,25,26). The van der Waals surface area contributed by atoms with E-state index in [1.54, 1.807) is 7.11 Å². The average Bonchev–Trinajstić information content (AvgIpc) is 3.07. The SMILES string of the molecule is CCN(C(=O)O)c1cc2sc(C=Cc3ccc(OCOC)c(Br)c3)nc2cc1C. The number of hydrogen-bond acceptors (Lipinski definition) is 5. The van der Waals surface area contributed by atoms with Gasteiger partial charge < -0.3 is 14.6 Å². The Labute approximate surface area is 181 Å². The van der Waals surface area contributed by atoms with Crippen LogP contribution in [0.1, 0.15) is 23.1 Å². The van der Waals surface area contributed by atoms with Gasteiger partial charge in [0.25, 0.3) is 0 Å². The minimum Gasteiger partial charge on any atom is -0.466 e. The second kappa shape index (κ2) is 9.39. The van der Waals surface area contributed by atoms with Gasteiger partial charge in [-0.2, -0.15) is 0 Å². The summed E-state index contributed by atoms with van der Waals surface area (Å²) in [5, 5.41) is 10.3. The summed E-state index contributed by atoms with van der Waals surface area (Å²) in [6, 6.07) is 9.62. The van der Waals surface area contributed by atoms with Gasteiger partial charge in [0, 0.05) is 13.7 Å². The molecule has 3 rings (SSSR count). The molecule has 0 saturated carbocycles. The monoisotopic (exact) mass is 476 g/mol. The number of carbonyl (C=O) groups is 1. The first-order valence-electron chi connectivity index (χ1n) is 8.94. The number of benzene rings is 2. The fraction of sp³-hybridized carbons (Fsp3) is 0.238. The number of halogens is 1. The van der Waals surface area contributed by atoms with Crippen LogP contribution in [0.25, 0.3) is 22.4 Å². The van der Waals surface area contributed by atoms with Crippen molar-refractivity contribution in [3.05, 3.63) is 50.9 Å². The Hall–Kier alpha value is -2.42. The van der Waals surface area contributed by atoms with Crippen molar-refractivity contribution >= 4 is 61.4 Å². The van der Waals surface area contributed by atoms with Crippen molar-refractivity contribution < 1.29 is 19.4 Å². The maximum Gasteiger partial charge on any atom is 0.411 e. The molecule has 0 spiro atoms. The Morgan fingerprint density at radius 2 is 2.10 bits per heavy atom. The van der Waals surface area contributed by atoms with Crippen LogP contribution in [0.3, 0.4) is 0 Å². The molecule has 2 aromatic carbocycles. The third-order valence-corrected chi connectivity index (χ3v) is 5.87. The lowest BCUT2D eigenvalue weighted by Crippen LogP contribution is -2.29. The zero-order valence-corrected chi connectivity index (χ0v) is 18.7. The van der Waals surface area contributed by atoms with Crippen LogP contribution in [0.5, 0.6) is 5.75 Å². The summed E-state index contributed by atoms with van der Waals surface area (Å²) < 4.78 is 12.2. The molecule has 0 saturated heterocycles. The first-order chi connectivity index (χ1) is 13.9. The minimum atomic E-state index is -0.955. The van der Waals surface area contributed by atoms with Gasteiger partial charge in [-0.25, -0.2) is 9.78 Å². The lowest BCUT2D eigenvalue weighted by atomic mass is 10.1. The largest absolute Gasteiger partial charge is 0.466 e. The molecule has 0 aliphatic heterocycles. The second-order valence-electron chi connectivity index (χ2n) is 6.26. The highest BCUT2D eigenvalue weighted by Gasteiger charge is 2.16. The van der Waals surface area contributed by atoms with Crippen LogP contribution in [0.15, 0.2) is 34.8 Å². The lowest BCUT2D eigenvalue weighted by molar-refractivity contribution is 0.0506. The summed E-state index contributed by atoms with van der Waals surface area (Å²) in [4.78, 5) is 17.5. The molecule has 1 amide bonds. The van der Waals surface area contributed by atoms with E-state index in [-0.39, 0.29) is 6.79 Å². The van der Waals surface area contributed by atoms with Gasteiger partial charge in [0.1, 0.15) is 10.8 Å². The molecule has 0 aliphatic rings. The molecule has 29 heavy (non-hydrogen) atoms. The van der Waals surface area contributed by atoms with Crippen molar-refractivity contribution in [3.63, 3.8) is 0 Å². The fourth-order valence-electron chi connectivity index (χ4n) is 2.88. The Morgan fingerprint density at radius 1 is 1.31 bits per heavy atom. The molecule has 1 N–H and O–H groups in total. The number of amides is 1. The van der Waals surface area contributed by atoms with Crippen LogP contribution in [-0.4, -0.2) is 36.6 Å². The summed E-state index contributed by atoms with van der Waals surface area (Å²) in [5.41, 5.74) is 3.45. The minimum absolute atomic E-state index is 0.193. The van der Waals surface area contributed by atoms with Crippen molar-refractivity contribution in [2.24, 2.45) is 0 Å². The molecule has 1 aromatic heterocycles. The summed E-state index contributed by atoms with van der Waals surface area (Å²) in [6.07, 6.45) is 2.97. The van der Waals surface area contributed by atoms with Gasteiger partial charge in [0.2, 0.25) is 0 Å². The van der Waals surface area contributed by atoms with E-state index in [4.69, 9.17) is 9.47 Å². The molecule has 3 aromatic rings. The Morgan fingerprint density at radius 3 is 2.76 bits per heavy atom. The number of aryl methyl sites for hydroxylation is 1. The number of anilines is 1. The van der Waals surface area contributed by atoms with Crippen LogP contribution in [0.2, 0.25) is 0 Å². The van der Waals surface area contributed by atoms with E-state index in [0.717, 1.165) is 30.8 Å². The summed E-state index contributed by atoms with van der Waals surface area (Å²) in [7, 11) is 1.58. The summed E-state index contributed by atoms with van der Waals surface area (Å²) in [5.74, 6) is 0.714. The molecule has 1 heterocycles. The molecule has 0 bridgehead atoms. The molecule has 6 nitrogen and oxygen atoms in total. The van der Waals surface area contributed by atoms with E-state index in [2.05, 4.69) is 20.9 Å². The lowest BCUT2D eigenvalue weighted by Gasteiger charge is -2.19. The first-order valence-corrected chi connectivity index (χ1v) is 10.5. The number of ether oxygens (including phenoxy) is 2. The third kappa shape index (κ3) is 4.95. The van der Waals surface area contributed by atoms with Crippen LogP contribution in [-0.2, 0) is 4.74 Å². The fourth-order valence-corrected chi connectivity index (χ4v) is 4.28. The topological polar surface area (TPSA) is 71.9 Å². The molecular formula is C21H21BrN2O4S. The van der Waals surface area contributed by atoms with Crippen molar-refractivity contribution in [1.29, 1.82) is 0 Å². The van der Waals surface area contributed by atoms with E-state index >= 15 is 0 Å². The Bertz CT molecular complexity index is 1060. The number of thiazole rings is 1. The molecule has 0 radical (unpaired) electrons. The number of fused-ring (bicyclic) bond motifs is 1. The van der Waals surface area contributed by atoms with Gasteiger partial charge in [-0.3, -0.25) is 4.90 Å². The number of rotatable bonds is 7. The van der Waals surface area contributed by atoms with E-state index < -0.39 is 6.09 Å². The number of carboxylic acid groups (broad SMARTS) is 1. The molecule has 8 heteroatoms. The van der Waals surface area contributed by atoms with Gasteiger partial charge in [0.15, 0.2) is 6.79 Å². The van der Waals surface area contributed by atoms with Gasteiger partial charge in [0.05, 0.1) is 20.4 Å².